The van der Waals surface area contributed by atoms with Crippen LogP contribution < -0.4 is 10.1 Å². The molecule has 0 aromatic heterocycles. The van der Waals surface area contributed by atoms with E-state index in [1.165, 1.54) is 5.56 Å². The van der Waals surface area contributed by atoms with E-state index in [1.54, 1.807) is 0 Å². The van der Waals surface area contributed by atoms with Gasteiger partial charge in [-0.3, -0.25) is 0 Å². The largest absolute Gasteiger partial charge is 0.457 e. The zero-order valence-electron chi connectivity index (χ0n) is 8.42. The third-order valence-corrected chi connectivity index (χ3v) is 2.42. The Labute approximate surface area is 83.9 Å². The first-order valence-corrected chi connectivity index (χ1v) is 4.58. The molecular formula is C12H13NO. The van der Waals surface area contributed by atoms with Crippen LogP contribution >= 0.6 is 0 Å². The summed E-state index contributed by atoms with van der Waals surface area (Å²) in [5.41, 5.74) is 3.46. The summed E-state index contributed by atoms with van der Waals surface area (Å²) < 4.78 is 5.50. The van der Waals surface area contributed by atoms with Crippen LogP contribution in [-0.2, 0) is 0 Å². The molecule has 0 unspecified atom stereocenters. The van der Waals surface area contributed by atoms with Crippen LogP contribution in [0.25, 0.3) is 6.08 Å². The number of allylic oxidation sites excluding steroid dienone is 1. The van der Waals surface area contributed by atoms with Gasteiger partial charge in [0.05, 0.1) is 0 Å². The lowest BCUT2D eigenvalue weighted by molar-refractivity contribution is 0.442. The minimum Gasteiger partial charge on any atom is -0.457 e. The molecule has 1 aliphatic heterocycles. The molecule has 0 radical (unpaired) electrons. The quantitative estimate of drug-likeness (QED) is 0.729. The monoisotopic (exact) mass is 187 g/mol. The highest BCUT2D eigenvalue weighted by molar-refractivity contribution is 5.72. The minimum absolute atomic E-state index is 0.689. The van der Waals surface area contributed by atoms with Crippen molar-refractivity contribution in [1.29, 1.82) is 0 Å². The summed E-state index contributed by atoms with van der Waals surface area (Å²) in [5, 5.41) is 3.14. The third-order valence-electron chi connectivity index (χ3n) is 2.42. The number of fused-ring (bicyclic) bond motifs is 1. The Bertz CT molecular complexity index is 419. The molecule has 2 rings (SSSR count). The minimum atomic E-state index is 0.689. The molecule has 0 saturated carbocycles. The van der Waals surface area contributed by atoms with Crippen LogP contribution in [0.15, 0.2) is 30.5 Å². The van der Waals surface area contributed by atoms with Crippen LogP contribution in [-0.4, -0.2) is 7.05 Å². The van der Waals surface area contributed by atoms with Crippen LogP contribution in [0.4, 0.5) is 5.69 Å². The Balaban J connectivity index is 2.57. The lowest BCUT2D eigenvalue weighted by atomic mass is 10.0. The maximum atomic E-state index is 5.50. The number of rotatable bonds is 1. The fourth-order valence-electron chi connectivity index (χ4n) is 1.62. The highest BCUT2D eigenvalue weighted by Gasteiger charge is 2.12. The van der Waals surface area contributed by atoms with Gasteiger partial charge < -0.3 is 10.1 Å². The van der Waals surface area contributed by atoms with Crippen molar-refractivity contribution in [3.05, 3.63) is 41.7 Å². The van der Waals surface area contributed by atoms with E-state index in [2.05, 4.69) is 18.8 Å². The Morgan fingerprint density at radius 1 is 1.29 bits per heavy atom. The SMILES string of the molecule is C=C1C=Cc2c(ccc(NC)c2C)O1. The molecule has 1 aromatic carbocycles. The van der Waals surface area contributed by atoms with Gasteiger partial charge in [-0.15, -0.1) is 0 Å². The maximum absolute atomic E-state index is 5.50. The standard InChI is InChI=1S/C12H13NO/c1-8-4-5-10-9(2)11(13-3)6-7-12(10)14-8/h4-7,13H,1H2,2-3H3. The lowest BCUT2D eigenvalue weighted by Gasteiger charge is -2.17. The molecule has 0 spiro atoms. The van der Waals surface area contributed by atoms with E-state index in [1.807, 2.05) is 31.3 Å². The van der Waals surface area contributed by atoms with E-state index in [0.29, 0.717) is 5.76 Å². The highest BCUT2D eigenvalue weighted by atomic mass is 16.5. The summed E-state index contributed by atoms with van der Waals surface area (Å²) in [6.45, 7) is 5.84. The van der Waals surface area contributed by atoms with Gasteiger partial charge in [0.15, 0.2) is 0 Å². The Morgan fingerprint density at radius 2 is 2.07 bits per heavy atom. The van der Waals surface area contributed by atoms with Crippen LogP contribution in [0.3, 0.4) is 0 Å². The second-order valence-corrected chi connectivity index (χ2v) is 3.30. The van der Waals surface area contributed by atoms with Gasteiger partial charge in [-0.1, -0.05) is 6.58 Å². The van der Waals surface area contributed by atoms with E-state index in [4.69, 9.17) is 4.74 Å². The summed E-state index contributed by atoms with van der Waals surface area (Å²) in [7, 11) is 1.92. The fraction of sp³-hybridized carbons (Fsp3) is 0.167. The second kappa shape index (κ2) is 3.22. The first-order valence-electron chi connectivity index (χ1n) is 4.58. The maximum Gasteiger partial charge on any atom is 0.135 e. The molecule has 0 fully saturated rings. The predicted molar refractivity (Wildman–Crippen MR) is 59.5 cm³/mol. The molecular weight excluding hydrogens is 174 g/mol. The number of benzene rings is 1. The third kappa shape index (κ3) is 1.29. The van der Waals surface area contributed by atoms with Crippen molar-refractivity contribution in [3.63, 3.8) is 0 Å². The molecule has 72 valence electrons. The molecule has 0 atom stereocenters. The molecule has 1 N–H and O–H groups in total. The predicted octanol–water partition coefficient (Wildman–Crippen LogP) is 2.96. The smallest absolute Gasteiger partial charge is 0.135 e. The van der Waals surface area contributed by atoms with Crippen LogP contribution in [0.1, 0.15) is 11.1 Å². The zero-order chi connectivity index (χ0) is 10.1. The summed E-state index contributed by atoms with van der Waals surface area (Å²) in [4.78, 5) is 0. The van der Waals surface area contributed by atoms with Crippen molar-refractivity contribution >= 4 is 11.8 Å². The molecule has 0 amide bonds. The lowest BCUT2D eigenvalue weighted by Crippen LogP contribution is -2.01. The van der Waals surface area contributed by atoms with Crippen molar-refractivity contribution in [1.82, 2.24) is 0 Å². The van der Waals surface area contributed by atoms with Gasteiger partial charge in [-0.05, 0) is 36.8 Å². The summed E-state index contributed by atoms with van der Waals surface area (Å²) in [6, 6.07) is 3.98. The summed E-state index contributed by atoms with van der Waals surface area (Å²) in [6.07, 6.45) is 3.92. The van der Waals surface area contributed by atoms with Crippen molar-refractivity contribution in [2.45, 2.75) is 6.92 Å². The van der Waals surface area contributed by atoms with E-state index in [9.17, 15) is 0 Å². The van der Waals surface area contributed by atoms with E-state index >= 15 is 0 Å². The first kappa shape index (κ1) is 8.88. The van der Waals surface area contributed by atoms with Gasteiger partial charge in [-0.2, -0.15) is 0 Å². The number of hydrogen-bond donors (Lipinski definition) is 1. The molecule has 1 aromatic rings. The number of ether oxygens (including phenoxy) is 1. The van der Waals surface area contributed by atoms with E-state index in [-0.39, 0.29) is 0 Å². The van der Waals surface area contributed by atoms with Crippen molar-refractivity contribution in [2.24, 2.45) is 0 Å². The van der Waals surface area contributed by atoms with E-state index in [0.717, 1.165) is 17.0 Å². The second-order valence-electron chi connectivity index (χ2n) is 3.30. The van der Waals surface area contributed by atoms with Gasteiger partial charge in [-0.25, -0.2) is 0 Å². The molecule has 0 aliphatic carbocycles. The average molecular weight is 187 g/mol. The van der Waals surface area contributed by atoms with Crippen molar-refractivity contribution < 1.29 is 4.74 Å². The number of anilines is 1. The average Bonchev–Trinajstić information content (AvgIpc) is 2.18. The molecule has 0 saturated heterocycles. The first-order chi connectivity index (χ1) is 6.72. The Kier molecular flexibility index (Phi) is 2.04. The van der Waals surface area contributed by atoms with Crippen LogP contribution in [0.2, 0.25) is 0 Å². The zero-order valence-corrected chi connectivity index (χ0v) is 8.42. The van der Waals surface area contributed by atoms with Gasteiger partial charge in [0.2, 0.25) is 0 Å². The summed E-state index contributed by atoms with van der Waals surface area (Å²) >= 11 is 0. The van der Waals surface area contributed by atoms with Crippen LogP contribution in [0, 0.1) is 6.92 Å². The van der Waals surface area contributed by atoms with E-state index < -0.39 is 0 Å². The normalized spacial score (nSPS) is 13.4. The van der Waals surface area contributed by atoms with Crippen molar-refractivity contribution in [2.75, 3.05) is 12.4 Å². The Hall–Kier alpha value is -1.70. The number of nitrogens with one attached hydrogen (secondary N) is 1. The number of hydrogen-bond acceptors (Lipinski definition) is 2. The van der Waals surface area contributed by atoms with Gasteiger partial charge >= 0.3 is 0 Å². The fourth-order valence-corrected chi connectivity index (χ4v) is 1.62. The van der Waals surface area contributed by atoms with Gasteiger partial charge in [0.25, 0.3) is 0 Å². The molecule has 1 aliphatic rings. The molecule has 1 heterocycles. The molecule has 0 bridgehead atoms. The topological polar surface area (TPSA) is 21.3 Å². The molecule has 2 heteroatoms. The van der Waals surface area contributed by atoms with Gasteiger partial charge in [0.1, 0.15) is 11.5 Å². The van der Waals surface area contributed by atoms with Crippen molar-refractivity contribution in [3.8, 4) is 5.75 Å². The molecule has 14 heavy (non-hydrogen) atoms. The van der Waals surface area contributed by atoms with Crippen LogP contribution in [0.5, 0.6) is 5.75 Å². The Morgan fingerprint density at radius 3 is 2.79 bits per heavy atom. The highest BCUT2D eigenvalue weighted by Crippen LogP contribution is 2.33. The molecule has 2 nitrogen and oxygen atoms in total. The van der Waals surface area contributed by atoms with Gasteiger partial charge in [0, 0.05) is 18.3 Å². The summed E-state index contributed by atoms with van der Waals surface area (Å²) in [5.74, 6) is 1.57.